The zero-order valence-electron chi connectivity index (χ0n) is 9.95. The zero-order chi connectivity index (χ0) is 13.2. The maximum Gasteiger partial charge on any atom is 0.493 e. The molecule has 0 spiro atoms. The molecule has 1 atom stereocenters. The summed E-state index contributed by atoms with van der Waals surface area (Å²) in [7, 11) is 0. The molecule has 1 aromatic heterocycles. The number of hydroxylamine groups is 1. The molecular weight excluding hydrogens is 230 g/mol. The van der Waals surface area contributed by atoms with Crippen molar-refractivity contribution < 1.29 is 14.3 Å². The Balaban J connectivity index is 3.11. The third-order valence-corrected chi connectivity index (χ3v) is 1.58. The topological polar surface area (TPSA) is 120 Å². The first kappa shape index (κ1) is 13.0. The molecule has 9 nitrogen and oxygen atoms in total. The van der Waals surface area contributed by atoms with Crippen molar-refractivity contribution in [1.29, 1.82) is 0 Å². The first-order valence-corrected chi connectivity index (χ1v) is 4.83. The molecule has 0 aliphatic heterocycles. The van der Waals surface area contributed by atoms with Gasteiger partial charge in [-0.05, 0) is 35.9 Å². The van der Waals surface area contributed by atoms with Crippen molar-refractivity contribution in [3.63, 3.8) is 0 Å². The number of aromatic nitrogens is 2. The summed E-state index contributed by atoms with van der Waals surface area (Å²) in [5.74, 6) is -0.161. The SMILES string of the molecule is Cc1nc(C([N+](=O)[O-])[N+]([O-])=NC(C)(C)C)no1. The Morgan fingerprint density at radius 3 is 2.35 bits per heavy atom. The summed E-state index contributed by atoms with van der Waals surface area (Å²) >= 11 is 0. The van der Waals surface area contributed by atoms with Gasteiger partial charge in [0, 0.05) is 6.92 Å². The normalized spacial score (nSPS) is 14.7. The second-order valence-corrected chi connectivity index (χ2v) is 4.40. The smallest absolute Gasteiger partial charge is 0.493 e. The molecule has 0 amide bonds. The summed E-state index contributed by atoms with van der Waals surface area (Å²) in [6.45, 7) is 6.42. The number of hydrogen-bond acceptors (Lipinski definition) is 7. The highest BCUT2D eigenvalue weighted by Crippen LogP contribution is 2.17. The lowest BCUT2D eigenvalue weighted by Gasteiger charge is -2.10. The molecule has 1 aromatic rings. The molecule has 9 heteroatoms. The van der Waals surface area contributed by atoms with Gasteiger partial charge in [0.15, 0.2) is 0 Å². The van der Waals surface area contributed by atoms with Gasteiger partial charge in [0.05, 0.1) is 0 Å². The summed E-state index contributed by atoms with van der Waals surface area (Å²) in [4.78, 5) is 13.7. The predicted molar refractivity (Wildman–Crippen MR) is 54.6 cm³/mol. The maximum absolute atomic E-state index is 11.6. The number of nitro groups is 1. The van der Waals surface area contributed by atoms with E-state index in [1.165, 1.54) is 6.92 Å². The molecule has 0 bridgehead atoms. The molecule has 0 aliphatic rings. The molecule has 0 aromatic carbocycles. The molecule has 0 aliphatic carbocycles. The van der Waals surface area contributed by atoms with Crippen LogP contribution in [-0.2, 0) is 0 Å². The van der Waals surface area contributed by atoms with Gasteiger partial charge < -0.3 is 9.73 Å². The van der Waals surface area contributed by atoms with Gasteiger partial charge in [0.2, 0.25) is 5.89 Å². The summed E-state index contributed by atoms with van der Waals surface area (Å²) in [5.41, 5.74) is -0.727. The Morgan fingerprint density at radius 2 is 2.00 bits per heavy atom. The standard InChI is InChI=1S/C8H13N5O4/c1-5-9-6(10-17-5)7(13(15)16)12(14)11-8(2,3)4/h7H,1-4H3. The lowest BCUT2D eigenvalue weighted by atomic mass is 10.1. The average Bonchev–Trinajstić information content (AvgIpc) is 2.47. The van der Waals surface area contributed by atoms with E-state index in [1.54, 1.807) is 20.8 Å². The van der Waals surface area contributed by atoms with E-state index >= 15 is 0 Å². The minimum Gasteiger partial charge on any atom is -0.594 e. The van der Waals surface area contributed by atoms with E-state index in [2.05, 4.69) is 19.8 Å². The molecule has 1 unspecified atom stereocenters. The van der Waals surface area contributed by atoms with Crippen LogP contribution in [0.1, 0.15) is 38.7 Å². The molecule has 0 saturated heterocycles. The quantitative estimate of drug-likeness (QED) is 0.260. The van der Waals surface area contributed by atoms with Crippen LogP contribution in [0.2, 0.25) is 0 Å². The minimum atomic E-state index is -1.79. The van der Waals surface area contributed by atoms with Crippen molar-refractivity contribution in [2.75, 3.05) is 0 Å². The van der Waals surface area contributed by atoms with Crippen molar-refractivity contribution in [1.82, 2.24) is 10.1 Å². The van der Waals surface area contributed by atoms with Gasteiger partial charge in [-0.3, -0.25) is 10.1 Å². The summed E-state index contributed by atoms with van der Waals surface area (Å²) in [6.07, 6.45) is -1.79. The number of nitrogens with zero attached hydrogens (tertiary/aromatic N) is 5. The molecule has 0 saturated carbocycles. The van der Waals surface area contributed by atoms with Crippen LogP contribution >= 0.6 is 0 Å². The zero-order valence-corrected chi connectivity index (χ0v) is 9.95. The Morgan fingerprint density at radius 1 is 1.41 bits per heavy atom. The number of hydrogen-bond donors (Lipinski definition) is 0. The van der Waals surface area contributed by atoms with Crippen LogP contribution in [0.5, 0.6) is 0 Å². The van der Waals surface area contributed by atoms with Crippen molar-refractivity contribution >= 4 is 0 Å². The van der Waals surface area contributed by atoms with E-state index < -0.39 is 16.6 Å². The fourth-order valence-corrected chi connectivity index (χ4v) is 1.04. The van der Waals surface area contributed by atoms with Crippen LogP contribution in [0.15, 0.2) is 9.64 Å². The van der Waals surface area contributed by atoms with E-state index in [4.69, 9.17) is 0 Å². The maximum atomic E-state index is 11.6. The fraction of sp³-hybridized carbons (Fsp3) is 0.750. The molecule has 94 valence electrons. The van der Waals surface area contributed by atoms with E-state index in [0.717, 1.165) is 0 Å². The van der Waals surface area contributed by atoms with Gasteiger partial charge >= 0.3 is 12.0 Å². The highest BCUT2D eigenvalue weighted by Gasteiger charge is 2.39. The average molecular weight is 243 g/mol. The summed E-state index contributed by atoms with van der Waals surface area (Å²) in [5, 5.41) is 29.4. The Labute approximate surface area is 96.9 Å². The minimum absolute atomic E-state index is 0.00963. The second kappa shape index (κ2) is 4.44. The van der Waals surface area contributed by atoms with Crippen molar-refractivity contribution in [2.24, 2.45) is 5.11 Å². The van der Waals surface area contributed by atoms with Gasteiger partial charge in [-0.1, -0.05) is 0 Å². The Bertz CT molecular complexity index is 447. The van der Waals surface area contributed by atoms with Crippen LogP contribution in [0, 0.1) is 22.2 Å². The lowest BCUT2D eigenvalue weighted by Crippen LogP contribution is -2.25. The molecule has 0 radical (unpaired) electrons. The molecule has 1 rings (SSSR count). The molecule has 17 heavy (non-hydrogen) atoms. The Kier molecular flexibility index (Phi) is 3.39. The monoisotopic (exact) mass is 243 g/mol. The van der Waals surface area contributed by atoms with Crippen LogP contribution in [0.3, 0.4) is 0 Å². The van der Waals surface area contributed by atoms with Gasteiger partial charge in [-0.15, -0.1) is 0 Å². The molecule has 1 heterocycles. The third-order valence-electron chi connectivity index (χ3n) is 1.58. The van der Waals surface area contributed by atoms with Crippen molar-refractivity contribution in [3.05, 3.63) is 27.0 Å². The van der Waals surface area contributed by atoms with Gasteiger partial charge in [0.25, 0.3) is 0 Å². The van der Waals surface area contributed by atoms with Crippen LogP contribution in [0.25, 0.3) is 0 Å². The highest BCUT2D eigenvalue weighted by atomic mass is 16.6. The second-order valence-electron chi connectivity index (χ2n) is 4.40. The van der Waals surface area contributed by atoms with Crippen molar-refractivity contribution in [2.45, 2.75) is 39.4 Å². The van der Waals surface area contributed by atoms with Crippen LogP contribution in [0.4, 0.5) is 0 Å². The van der Waals surface area contributed by atoms with Crippen LogP contribution in [-0.4, -0.2) is 25.5 Å². The fourth-order valence-electron chi connectivity index (χ4n) is 1.04. The molecule has 0 fully saturated rings. The predicted octanol–water partition coefficient (Wildman–Crippen LogP) is 1.41. The van der Waals surface area contributed by atoms with E-state index in [9.17, 15) is 15.3 Å². The van der Waals surface area contributed by atoms with Gasteiger partial charge in [0.1, 0.15) is 10.5 Å². The summed E-state index contributed by atoms with van der Waals surface area (Å²) in [6, 6.07) is 0. The van der Waals surface area contributed by atoms with Crippen molar-refractivity contribution in [3.8, 4) is 0 Å². The first-order chi connectivity index (χ1) is 7.70. The number of azo groups is 1. The van der Waals surface area contributed by atoms with Gasteiger partial charge in [-0.25, -0.2) is 0 Å². The largest absolute Gasteiger partial charge is 0.594 e. The highest BCUT2D eigenvalue weighted by molar-refractivity contribution is 4.84. The van der Waals surface area contributed by atoms with Crippen LogP contribution < -0.4 is 0 Å². The van der Waals surface area contributed by atoms with E-state index in [0.29, 0.717) is 0 Å². The van der Waals surface area contributed by atoms with Gasteiger partial charge in [-0.2, -0.15) is 4.98 Å². The molecular formula is C8H13N5O4. The number of aryl methyl sites for hydroxylation is 1. The van der Waals surface area contributed by atoms with E-state index in [1.807, 2.05) is 0 Å². The third kappa shape index (κ3) is 3.47. The molecule has 0 N–H and O–H groups in total. The summed E-state index contributed by atoms with van der Waals surface area (Å²) < 4.78 is 4.60. The lowest BCUT2D eigenvalue weighted by molar-refractivity contribution is -0.776. The Hall–Kier alpha value is -2.06. The van der Waals surface area contributed by atoms with E-state index in [-0.39, 0.29) is 16.6 Å². The number of rotatable bonds is 3. The first-order valence-electron chi connectivity index (χ1n) is 4.83.